The molecule has 0 atom stereocenters. The standard InChI is InChI=1S/C13H8Br2N2OS/c14-8-1-2-10(11(15)5-8)12(18)6-9-7-17-3-4-19-13(17)16-9/h1-5,7H,6H2. The number of ketones is 1. The molecule has 0 spiro atoms. The van der Waals surface area contributed by atoms with Gasteiger partial charge in [-0.05, 0) is 18.2 Å². The van der Waals surface area contributed by atoms with E-state index in [1.54, 1.807) is 11.3 Å². The molecule has 0 saturated carbocycles. The van der Waals surface area contributed by atoms with Gasteiger partial charge in [-0.2, -0.15) is 0 Å². The maximum atomic E-state index is 12.3. The van der Waals surface area contributed by atoms with Crippen LogP contribution in [0.1, 0.15) is 16.1 Å². The van der Waals surface area contributed by atoms with Crippen molar-refractivity contribution >= 4 is 53.9 Å². The molecule has 6 heteroatoms. The molecule has 1 aromatic carbocycles. The topological polar surface area (TPSA) is 34.4 Å². The number of carbonyl (C=O) groups is 1. The van der Waals surface area contributed by atoms with Gasteiger partial charge in [0.25, 0.3) is 0 Å². The van der Waals surface area contributed by atoms with E-state index in [2.05, 4.69) is 36.8 Å². The predicted octanol–water partition coefficient (Wildman–Crippen LogP) is 4.35. The fourth-order valence-electron chi connectivity index (χ4n) is 1.84. The van der Waals surface area contributed by atoms with E-state index in [9.17, 15) is 4.79 Å². The summed E-state index contributed by atoms with van der Waals surface area (Å²) in [5.74, 6) is 0.0603. The van der Waals surface area contributed by atoms with Gasteiger partial charge in [-0.3, -0.25) is 9.20 Å². The molecule has 0 saturated heterocycles. The molecule has 0 bridgehead atoms. The Kier molecular flexibility index (Phi) is 3.56. The number of Topliss-reactive ketones (excluding diaryl/α,β-unsaturated/α-hetero) is 1. The zero-order chi connectivity index (χ0) is 13.4. The van der Waals surface area contributed by atoms with Crippen LogP contribution in [-0.2, 0) is 6.42 Å². The van der Waals surface area contributed by atoms with Crippen LogP contribution >= 0.6 is 43.2 Å². The van der Waals surface area contributed by atoms with E-state index in [1.807, 2.05) is 40.4 Å². The normalized spacial score (nSPS) is 11.1. The maximum Gasteiger partial charge on any atom is 0.193 e. The predicted molar refractivity (Wildman–Crippen MR) is 82.9 cm³/mol. The summed E-state index contributed by atoms with van der Waals surface area (Å²) in [4.78, 5) is 17.6. The van der Waals surface area contributed by atoms with Crippen LogP contribution in [-0.4, -0.2) is 15.2 Å². The monoisotopic (exact) mass is 398 g/mol. The Morgan fingerprint density at radius 3 is 2.95 bits per heavy atom. The molecule has 0 N–H and O–H groups in total. The molecule has 3 aromatic rings. The first-order valence-corrected chi connectivity index (χ1v) is 7.99. The first-order valence-electron chi connectivity index (χ1n) is 5.53. The number of halogens is 2. The Balaban J connectivity index is 1.86. The molecule has 3 nitrogen and oxygen atoms in total. The number of hydrogen-bond donors (Lipinski definition) is 0. The minimum atomic E-state index is 0.0603. The maximum absolute atomic E-state index is 12.3. The van der Waals surface area contributed by atoms with Crippen molar-refractivity contribution < 1.29 is 4.79 Å². The third kappa shape index (κ3) is 2.66. The minimum Gasteiger partial charge on any atom is -0.297 e. The van der Waals surface area contributed by atoms with Gasteiger partial charge in [-0.1, -0.05) is 31.9 Å². The molecular weight excluding hydrogens is 392 g/mol. The highest BCUT2D eigenvalue weighted by Gasteiger charge is 2.13. The molecular formula is C13H8Br2N2OS. The summed E-state index contributed by atoms with van der Waals surface area (Å²) >= 11 is 8.35. The molecule has 0 fully saturated rings. The van der Waals surface area contributed by atoms with Gasteiger partial charge in [0.05, 0.1) is 12.1 Å². The second-order valence-corrected chi connectivity index (χ2v) is 6.69. The summed E-state index contributed by atoms with van der Waals surface area (Å²) in [6, 6.07) is 5.55. The van der Waals surface area contributed by atoms with Crippen molar-refractivity contribution in [2.75, 3.05) is 0 Å². The third-order valence-electron chi connectivity index (χ3n) is 2.72. The van der Waals surface area contributed by atoms with Gasteiger partial charge < -0.3 is 0 Å². The highest BCUT2D eigenvalue weighted by atomic mass is 79.9. The van der Waals surface area contributed by atoms with Crippen LogP contribution < -0.4 is 0 Å². The van der Waals surface area contributed by atoms with Crippen LogP contribution in [0.2, 0.25) is 0 Å². The summed E-state index contributed by atoms with van der Waals surface area (Å²) in [6.45, 7) is 0. The minimum absolute atomic E-state index is 0.0603. The van der Waals surface area contributed by atoms with Crippen molar-refractivity contribution in [1.29, 1.82) is 0 Å². The number of aromatic nitrogens is 2. The van der Waals surface area contributed by atoms with Crippen LogP contribution in [0.15, 0.2) is 44.9 Å². The molecule has 0 aliphatic carbocycles. The summed E-state index contributed by atoms with van der Waals surface area (Å²) in [5.41, 5.74) is 1.48. The number of thiazole rings is 1. The summed E-state index contributed by atoms with van der Waals surface area (Å²) in [7, 11) is 0. The number of hydrogen-bond acceptors (Lipinski definition) is 3. The molecule has 2 heterocycles. The Labute approximate surface area is 130 Å². The van der Waals surface area contributed by atoms with Gasteiger partial charge in [0, 0.05) is 32.3 Å². The highest BCUT2D eigenvalue weighted by Crippen LogP contribution is 2.23. The Morgan fingerprint density at radius 2 is 2.21 bits per heavy atom. The second kappa shape index (κ2) is 5.19. The van der Waals surface area contributed by atoms with Gasteiger partial charge in [0.2, 0.25) is 0 Å². The molecule has 0 aliphatic rings. The van der Waals surface area contributed by atoms with Crippen LogP contribution in [0.25, 0.3) is 4.96 Å². The average molecular weight is 400 g/mol. The smallest absolute Gasteiger partial charge is 0.193 e. The summed E-state index contributed by atoms with van der Waals surface area (Å²) in [6.07, 6.45) is 4.15. The van der Waals surface area contributed by atoms with E-state index in [-0.39, 0.29) is 5.78 Å². The Morgan fingerprint density at radius 1 is 1.37 bits per heavy atom. The van der Waals surface area contributed by atoms with Gasteiger partial charge in [-0.25, -0.2) is 4.98 Å². The lowest BCUT2D eigenvalue weighted by Crippen LogP contribution is -2.04. The van der Waals surface area contributed by atoms with Crippen molar-refractivity contribution in [3.63, 3.8) is 0 Å². The van der Waals surface area contributed by atoms with E-state index >= 15 is 0 Å². The molecule has 3 rings (SSSR count). The van der Waals surface area contributed by atoms with Gasteiger partial charge >= 0.3 is 0 Å². The zero-order valence-corrected chi connectivity index (χ0v) is 13.6. The van der Waals surface area contributed by atoms with E-state index in [4.69, 9.17) is 0 Å². The lowest BCUT2D eigenvalue weighted by atomic mass is 10.1. The zero-order valence-electron chi connectivity index (χ0n) is 9.64. The highest BCUT2D eigenvalue weighted by molar-refractivity contribution is 9.11. The number of benzene rings is 1. The SMILES string of the molecule is O=C(Cc1cn2ccsc2n1)c1ccc(Br)cc1Br. The van der Waals surface area contributed by atoms with E-state index in [0.717, 1.165) is 19.6 Å². The van der Waals surface area contributed by atoms with Crippen molar-refractivity contribution in [2.45, 2.75) is 6.42 Å². The van der Waals surface area contributed by atoms with Crippen molar-refractivity contribution in [1.82, 2.24) is 9.38 Å². The number of rotatable bonds is 3. The Hall–Kier alpha value is -0.980. The average Bonchev–Trinajstić information content (AvgIpc) is 2.89. The van der Waals surface area contributed by atoms with E-state index < -0.39 is 0 Å². The van der Waals surface area contributed by atoms with Crippen molar-refractivity contribution in [3.05, 3.63) is 56.2 Å². The first kappa shape index (κ1) is 13.0. The summed E-state index contributed by atoms with van der Waals surface area (Å²) < 4.78 is 3.68. The van der Waals surface area contributed by atoms with Gasteiger partial charge in [0.1, 0.15) is 0 Å². The molecule has 0 aliphatic heterocycles. The molecule has 0 radical (unpaired) electrons. The molecule has 0 amide bonds. The third-order valence-corrected chi connectivity index (χ3v) is 4.64. The van der Waals surface area contributed by atoms with E-state index in [0.29, 0.717) is 12.0 Å². The fraction of sp³-hybridized carbons (Fsp3) is 0.0769. The molecule has 96 valence electrons. The number of fused-ring (bicyclic) bond motifs is 1. The molecule has 2 aromatic heterocycles. The van der Waals surface area contributed by atoms with Crippen molar-refractivity contribution in [2.24, 2.45) is 0 Å². The second-order valence-electron chi connectivity index (χ2n) is 4.05. The lowest BCUT2D eigenvalue weighted by Gasteiger charge is -2.02. The molecule has 0 unspecified atom stereocenters. The number of imidazole rings is 1. The first-order chi connectivity index (χ1) is 9.13. The van der Waals surface area contributed by atoms with Crippen LogP contribution in [0.3, 0.4) is 0 Å². The lowest BCUT2D eigenvalue weighted by molar-refractivity contribution is 0.0991. The van der Waals surface area contributed by atoms with Crippen LogP contribution in [0.5, 0.6) is 0 Å². The number of carbonyl (C=O) groups excluding carboxylic acids is 1. The largest absolute Gasteiger partial charge is 0.297 e. The van der Waals surface area contributed by atoms with Gasteiger partial charge in [-0.15, -0.1) is 11.3 Å². The Bertz CT molecular complexity index is 734. The van der Waals surface area contributed by atoms with Gasteiger partial charge in [0.15, 0.2) is 10.7 Å². The van der Waals surface area contributed by atoms with Crippen LogP contribution in [0, 0.1) is 0 Å². The van der Waals surface area contributed by atoms with Crippen molar-refractivity contribution in [3.8, 4) is 0 Å². The van der Waals surface area contributed by atoms with Crippen LogP contribution in [0.4, 0.5) is 0 Å². The fourth-order valence-corrected chi connectivity index (χ4v) is 3.82. The summed E-state index contributed by atoms with van der Waals surface area (Å²) in [5, 5.41) is 1.97. The quantitative estimate of drug-likeness (QED) is 0.613. The van der Waals surface area contributed by atoms with E-state index in [1.165, 1.54) is 0 Å². The molecule has 19 heavy (non-hydrogen) atoms. The number of nitrogens with zero attached hydrogens (tertiary/aromatic N) is 2.